The number of carboxylic acids is 1. The lowest BCUT2D eigenvalue weighted by molar-refractivity contribution is 0.0697. The van der Waals surface area contributed by atoms with Crippen molar-refractivity contribution in [3.8, 4) is 0 Å². The molecule has 4 rings (SSSR count). The van der Waals surface area contributed by atoms with Crippen LogP contribution in [0, 0.1) is 0 Å². The predicted octanol–water partition coefficient (Wildman–Crippen LogP) is 5.28. The SMILES string of the molecule is O=C(O)c1ccc2oc3c(c(=O)c2c1)CCC3=Cc1ccc(Cl)c(Cl)c1. The molecule has 3 aromatic rings. The summed E-state index contributed by atoms with van der Waals surface area (Å²) in [5.41, 5.74) is 2.61. The largest absolute Gasteiger partial charge is 0.478 e. The van der Waals surface area contributed by atoms with Crippen molar-refractivity contribution in [2.75, 3.05) is 0 Å². The molecule has 1 aromatic heterocycles. The quantitative estimate of drug-likeness (QED) is 0.649. The predicted molar refractivity (Wildman–Crippen MR) is 102 cm³/mol. The van der Waals surface area contributed by atoms with Crippen molar-refractivity contribution >= 4 is 51.8 Å². The summed E-state index contributed by atoms with van der Waals surface area (Å²) in [6, 6.07) is 9.64. The highest BCUT2D eigenvalue weighted by atomic mass is 35.5. The van der Waals surface area contributed by atoms with E-state index in [4.69, 9.17) is 32.7 Å². The van der Waals surface area contributed by atoms with Crippen LogP contribution in [0.2, 0.25) is 10.0 Å². The number of hydrogen-bond acceptors (Lipinski definition) is 3. The van der Waals surface area contributed by atoms with E-state index in [0.29, 0.717) is 45.2 Å². The second-order valence-electron chi connectivity index (χ2n) is 6.10. The molecule has 0 atom stereocenters. The normalized spacial score (nSPS) is 14.8. The van der Waals surface area contributed by atoms with E-state index in [0.717, 1.165) is 11.1 Å². The highest BCUT2D eigenvalue weighted by molar-refractivity contribution is 6.42. The van der Waals surface area contributed by atoms with E-state index in [1.54, 1.807) is 12.1 Å². The van der Waals surface area contributed by atoms with Gasteiger partial charge in [0.1, 0.15) is 11.3 Å². The van der Waals surface area contributed by atoms with E-state index in [9.17, 15) is 9.59 Å². The van der Waals surface area contributed by atoms with Crippen molar-refractivity contribution < 1.29 is 14.3 Å². The molecular formula is C20H12Cl2O4. The van der Waals surface area contributed by atoms with E-state index < -0.39 is 5.97 Å². The standard InChI is InChI=1S/C20H12Cl2O4/c21-15-5-1-10(8-16(15)22)7-11-2-4-13-18(23)14-9-12(20(24)25)3-6-17(14)26-19(11)13/h1,3,5-9H,2,4H2,(H,24,25). The summed E-state index contributed by atoms with van der Waals surface area (Å²) in [6.45, 7) is 0. The first kappa shape index (κ1) is 16.9. The van der Waals surface area contributed by atoms with Crippen LogP contribution in [-0.2, 0) is 6.42 Å². The van der Waals surface area contributed by atoms with Gasteiger partial charge in [0.15, 0.2) is 5.43 Å². The van der Waals surface area contributed by atoms with Crippen LogP contribution in [0.4, 0.5) is 0 Å². The summed E-state index contributed by atoms with van der Waals surface area (Å²) in [5, 5.41) is 10.3. The summed E-state index contributed by atoms with van der Waals surface area (Å²) in [7, 11) is 0. The van der Waals surface area contributed by atoms with Crippen molar-refractivity contribution in [2.45, 2.75) is 12.8 Å². The molecule has 2 aromatic carbocycles. The Bertz CT molecular complexity index is 1160. The summed E-state index contributed by atoms with van der Waals surface area (Å²) in [5.74, 6) is -0.524. The van der Waals surface area contributed by atoms with E-state index in [-0.39, 0.29) is 11.0 Å². The molecule has 130 valence electrons. The number of hydrogen-bond donors (Lipinski definition) is 1. The minimum absolute atomic E-state index is 0.0642. The van der Waals surface area contributed by atoms with Gasteiger partial charge in [-0.1, -0.05) is 29.3 Å². The average Bonchev–Trinajstić information content (AvgIpc) is 3.01. The third-order valence-corrected chi connectivity index (χ3v) is 5.19. The highest BCUT2D eigenvalue weighted by Crippen LogP contribution is 2.35. The number of allylic oxidation sites excluding steroid dienone is 1. The molecule has 0 unspecified atom stereocenters. The first-order chi connectivity index (χ1) is 12.4. The van der Waals surface area contributed by atoms with Gasteiger partial charge >= 0.3 is 5.97 Å². The molecule has 0 fully saturated rings. The number of fused-ring (bicyclic) bond motifs is 2. The zero-order valence-corrected chi connectivity index (χ0v) is 14.9. The van der Waals surface area contributed by atoms with Crippen LogP contribution in [0.25, 0.3) is 22.6 Å². The van der Waals surface area contributed by atoms with Crippen molar-refractivity contribution in [3.05, 3.63) is 79.1 Å². The molecule has 1 aliphatic rings. The zero-order chi connectivity index (χ0) is 18.4. The second kappa shape index (κ2) is 6.31. The van der Waals surface area contributed by atoms with Gasteiger partial charge in [-0.25, -0.2) is 4.79 Å². The Kier molecular flexibility index (Phi) is 4.10. The Labute approximate surface area is 158 Å². The lowest BCUT2D eigenvalue weighted by Crippen LogP contribution is -2.09. The average molecular weight is 387 g/mol. The van der Waals surface area contributed by atoms with E-state index >= 15 is 0 Å². The minimum atomic E-state index is -1.08. The van der Waals surface area contributed by atoms with Gasteiger partial charge in [-0.05, 0) is 60.4 Å². The van der Waals surface area contributed by atoms with Crippen LogP contribution in [-0.4, -0.2) is 11.1 Å². The first-order valence-electron chi connectivity index (χ1n) is 7.93. The van der Waals surface area contributed by atoms with Crippen LogP contribution in [0.3, 0.4) is 0 Å². The molecule has 1 aliphatic carbocycles. The Balaban J connectivity index is 1.86. The van der Waals surface area contributed by atoms with Crippen molar-refractivity contribution in [1.82, 2.24) is 0 Å². The van der Waals surface area contributed by atoms with Crippen molar-refractivity contribution in [3.63, 3.8) is 0 Å². The molecule has 6 heteroatoms. The Morgan fingerprint density at radius 2 is 1.88 bits per heavy atom. The monoisotopic (exact) mass is 386 g/mol. The molecule has 0 spiro atoms. The third-order valence-electron chi connectivity index (χ3n) is 4.45. The summed E-state index contributed by atoms with van der Waals surface area (Å²) >= 11 is 12.0. The minimum Gasteiger partial charge on any atom is -0.478 e. The zero-order valence-electron chi connectivity index (χ0n) is 13.4. The Morgan fingerprint density at radius 3 is 2.62 bits per heavy atom. The summed E-state index contributed by atoms with van der Waals surface area (Å²) in [6.07, 6.45) is 3.14. The van der Waals surface area contributed by atoms with E-state index in [1.807, 2.05) is 12.1 Å². The van der Waals surface area contributed by atoms with Crippen LogP contribution >= 0.6 is 23.2 Å². The fourth-order valence-corrected chi connectivity index (χ4v) is 3.47. The number of aromatic carboxylic acids is 1. The molecule has 0 saturated carbocycles. The van der Waals surface area contributed by atoms with E-state index in [1.165, 1.54) is 18.2 Å². The summed E-state index contributed by atoms with van der Waals surface area (Å²) in [4.78, 5) is 23.9. The van der Waals surface area contributed by atoms with Gasteiger partial charge in [0.05, 0.1) is 21.0 Å². The molecule has 0 amide bonds. The third kappa shape index (κ3) is 2.81. The maximum absolute atomic E-state index is 12.8. The van der Waals surface area contributed by atoms with Gasteiger partial charge in [-0.3, -0.25) is 4.79 Å². The maximum atomic E-state index is 12.8. The smallest absolute Gasteiger partial charge is 0.335 e. The molecule has 1 N–H and O–H groups in total. The molecule has 1 heterocycles. The number of benzene rings is 2. The molecule has 0 saturated heterocycles. The lowest BCUT2D eigenvalue weighted by atomic mass is 10.1. The van der Waals surface area contributed by atoms with Crippen LogP contribution in [0.1, 0.15) is 33.7 Å². The Morgan fingerprint density at radius 1 is 1.08 bits per heavy atom. The molecule has 0 aliphatic heterocycles. The highest BCUT2D eigenvalue weighted by Gasteiger charge is 2.24. The van der Waals surface area contributed by atoms with Crippen LogP contribution in [0.15, 0.2) is 45.6 Å². The Hall–Kier alpha value is -2.56. The lowest BCUT2D eigenvalue weighted by Gasteiger charge is -2.05. The van der Waals surface area contributed by atoms with Gasteiger partial charge < -0.3 is 9.52 Å². The number of halogens is 2. The van der Waals surface area contributed by atoms with Crippen LogP contribution in [0.5, 0.6) is 0 Å². The van der Waals surface area contributed by atoms with Gasteiger partial charge in [0.25, 0.3) is 0 Å². The molecule has 0 radical (unpaired) electrons. The van der Waals surface area contributed by atoms with E-state index in [2.05, 4.69) is 0 Å². The molecule has 0 bridgehead atoms. The van der Waals surface area contributed by atoms with Crippen molar-refractivity contribution in [1.29, 1.82) is 0 Å². The van der Waals surface area contributed by atoms with Gasteiger partial charge in [-0.15, -0.1) is 0 Å². The molecule has 26 heavy (non-hydrogen) atoms. The van der Waals surface area contributed by atoms with Gasteiger partial charge in [0, 0.05) is 5.56 Å². The fourth-order valence-electron chi connectivity index (χ4n) is 3.17. The van der Waals surface area contributed by atoms with Gasteiger partial charge in [-0.2, -0.15) is 0 Å². The maximum Gasteiger partial charge on any atom is 0.335 e. The summed E-state index contributed by atoms with van der Waals surface area (Å²) < 4.78 is 5.94. The topological polar surface area (TPSA) is 67.5 Å². The number of rotatable bonds is 2. The van der Waals surface area contributed by atoms with Gasteiger partial charge in [0.2, 0.25) is 0 Å². The first-order valence-corrected chi connectivity index (χ1v) is 8.68. The molecular weight excluding hydrogens is 375 g/mol. The number of carboxylic acid groups (broad SMARTS) is 1. The van der Waals surface area contributed by atoms with Crippen molar-refractivity contribution in [2.24, 2.45) is 0 Å². The molecule has 4 nitrogen and oxygen atoms in total. The second-order valence-corrected chi connectivity index (χ2v) is 6.91. The number of carbonyl (C=O) groups is 1. The fraction of sp³-hybridized carbons (Fsp3) is 0.100. The van der Waals surface area contributed by atoms with Crippen LogP contribution < -0.4 is 5.43 Å².